The van der Waals surface area contributed by atoms with Crippen molar-refractivity contribution in [2.75, 3.05) is 13.2 Å². The molecule has 0 aliphatic carbocycles. The maximum Gasteiger partial charge on any atom is 0.509 e. The van der Waals surface area contributed by atoms with E-state index >= 15 is 0 Å². The highest BCUT2D eigenvalue weighted by Crippen LogP contribution is 2.03. The van der Waals surface area contributed by atoms with Gasteiger partial charge in [-0.25, -0.2) is 4.79 Å². The van der Waals surface area contributed by atoms with Crippen LogP contribution in [0.3, 0.4) is 0 Å². The van der Waals surface area contributed by atoms with Crippen LogP contribution in [0.25, 0.3) is 0 Å². The van der Waals surface area contributed by atoms with Crippen LogP contribution >= 0.6 is 0 Å². The molecule has 1 rings (SSSR count). The van der Waals surface area contributed by atoms with E-state index in [0.717, 1.165) is 5.56 Å². The van der Waals surface area contributed by atoms with Crippen LogP contribution in [0.15, 0.2) is 24.3 Å². The van der Waals surface area contributed by atoms with E-state index in [9.17, 15) is 9.59 Å². The molecule has 0 atom stereocenters. The van der Waals surface area contributed by atoms with E-state index in [1.165, 1.54) is 6.92 Å². The number of hydrogen-bond donors (Lipinski definition) is 0. The predicted molar refractivity (Wildman–Crippen MR) is 66.3 cm³/mol. The van der Waals surface area contributed by atoms with Crippen LogP contribution in [0.2, 0.25) is 0 Å². The number of rotatable bonds is 3. The molecule has 0 saturated heterocycles. The fourth-order valence-electron chi connectivity index (χ4n) is 1.18. The van der Waals surface area contributed by atoms with Crippen LogP contribution in [-0.2, 0) is 9.47 Å². The first-order valence-electron chi connectivity index (χ1n) is 5.53. The van der Waals surface area contributed by atoms with Crippen LogP contribution in [0.1, 0.15) is 29.8 Å². The zero-order valence-corrected chi connectivity index (χ0v) is 10.4. The van der Waals surface area contributed by atoms with E-state index in [1.54, 1.807) is 31.2 Å². The van der Waals surface area contributed by atoms with Gasteiger partial charge in [0.15, 0.2) is 12.4 Å². The molecule has 0 aliphatic heterocycles. The van der Waals surface area contributed by atoms with Gasteiger partial charge in [-0.15, -0.1) is 0 Å². The summed E-state index contributed by atoms with van der Waals surface area (Å²) in [7, 11) is 0. The number of hydrogen-bond acceptors (Lipinski definition) is 4. The molecule has 0 fully saturated rings. The van der Waals surface area contributed by atoms with Crippen molar-refractivity contribution < 1.29 is 19.1 Å². The topological polar surface area (TPSA) is 52.6 Å². The van der Waals surface area contributed by atoms with Crippen LogP contribution in [-0.4, -0.2) is 25.2 Å². The highest BCUT2D eigenvalue weighted by molar-refractivity contribution is 5.94. The van der Waals surface area contributed by atoms with E-state index in [2.05, 4.69) is 21.3 Å². The number of carbonyl (C=O) groups is 2. The largest absolute Gasteiger partial charge is 0.509 e. The van der Waals surface area contributed by atoms with Gasteiger partial charge in [0, 0.05) is 11.1 Å². The minimum atomic E-state index is -0.723. The van der Waals surface area contributed by atoms with Gasteiger partial charge in [-0.05, 0) is 26.0 Å². The maximum atomic E-state index is 11.0. The van der Waals surface area contributed by atoms with Crippen LogP contribution in [0.4, 0.5) is 4.79 Å². The van der Waals surface area contributed by atoms with Gasteiger partial charge in [0.25, 0.3) is 0 Å². The summed E-state index contributed by atoms with van der Waals surface area (Å²) in [6.45, 7) is 3.46. The van der Waals surface area contributed by atoms with Crippen LogP contribution in [0, 0.1) is 11.8 Å². The minimum Gasteiger partial charge on any atom is -0.435 e. The Hall–Kier alpha value is -2.28. The Morgan fingerprint density at radius 3 is 2.39 bits per heavy atom. The van der Waals surface area contributed by atoms with Crippen molar-refractivity contribution in [2.24, 2.45) is 0 Å². The highest BCUT2D eigenvalue weighted by atomic mass is 16.7. The van der Waals surface area contributed by atoms with Gasteiger partial charge in [-0.3, -0.25) is 4.79 Å². The monoisotopic (exact) mass is 246 g/mol. The molecule has 1 aromatic carbocycles. The molecule has 94 valence electrons. The summed E-state index contributed by atoms with van der Waals surface area (Å²) in [4.78, 5) is 21.9. The van der Waals surface area contributed by atoms with Gasteiger partial charge in [0.2, 0.25) is 0 Å². The lowest BCUT2D eigenvalue weighted by molar-refractivity contribution is 0.0686. The number of carbonyl (C=O) groups excluding carboxylic acids is 2. The molecule has 0 N–H and O–H groups in total. The Morgan fingerprint density at radius 1 is 1.17 bits per heavy atom. The third kappa shape index (κ3) is 4.71. The van der Waals surface area contributed by atoms with Gasteiger partial charge in [-0.2, -0.15) is 0 Å². The number of Topliss-reactive ketones (excluding diaryl/α,β-unsaturated/α-hetero) is 1. The van der Waals surface area contributed by atoms with Crippen molar-refractivity contribution in [3.63, 3.8) is 0 Å². The summed E-state index contributed by atoms with van der Waals surface area (Å²) in [6, 6.07) is 6.90. The molecule has 0 spiro atoms. The van der Waals surface area contributed by atoms with Gasteiger partial charge >= 0.3 is 6.16 Å². The molecule has 0 aromatic heterocycles. The first kappa shape index (κ1) is 13.8. The Labute approximate surface area is 106 Å². The molecular weight excluding hydrogens is 232 g/mol. The second kappa shape index (κ2) is 7.13. The van der Waals surface area contributed by atoms with Crippen molar-refractivity contribution >= 4 is 11.9 Å². The number of ketones is 1. The van der Waals surface area contributed by atoms with Crippen molar-refractivity contribution in [3.8, 4) is 11.8 Å². The third-order valence-electron chi connectivity index (χ3n) is 2.05. The zero-order valence-electron chi connectivity index (χ0n) is 10.4. The molecule has 0 bridgehead atoms. The first-order chi connectivity index (χ1) is 8.63. The molecule has 0 amide bonds. The fourth-order valence-corrected chi connectivity index (χ4v) is 1.18. The van der Waals surface area contributed by atoms with Gasteiger partial charge < -0.3 is 9.47 Å². The molecule has 0 heterocycles. The Balaban J connectivity index is 2.48. The van der Waals surface area contributed by atoms with Gasteiger partial charge in [0.05, 0.1) is 6.61 Å². The van der Waals surface area contributed by atoms with E-state index in [4.69, 9.17) is 0 Å². The molecule has 0 aliphatic rings. The third-order valence-corrected chi connectivity index (χ3v) is 2.05. The summed E-state index contributed by atoms with van der Waals surface area (Å²) in [6.07, 6.45) is -0.723. The van der Waals surface area contributed by atoms with E-state index in [0.29, 0.717) is 5.56 Å². The summed E-state index contributed by atoms with van der Waals surface area (Å²) in [5.74, 6) is 5.51. The first-order valence-corrected chi connectivity index (χ1v) is 5.53. The Kier molecular flexibility index (Phi) is 5.46. The van der Waals surface area contributed by atoms with E-state index in [1.807, 2.05) is 0 Å². The second-order valence-electron chi connectivity index (χ2n) is 3.41. The molecule has 0 saturated carbocycles. The van der Waals surface area contributed by atoms with Gasteiger partial charge in [-0.1, -0.05) is 24.0 Å². The lowest BCUT2D eigenvalue weighted by atomic mass is 10.1. The average Bonchev–Trinajstić information content (AvgIpc) is 2.35. The van der Waals surface area contributed by atoms with Gasteiger partial charge in [0.1, 0.15) is 0 Å². The molecular formula is C14H14O4. The molecule has 4 heteroatoms. The highest BCUT2D eigenvalue weighted by Gasteiger charge is 1.99. The molecule has 0 unspecified atom stereocenters. The fraction of sp³-hybridized carbons (Fsp3) is 0.286. The van der Waals surface area contributed by atoms with Crippen molar-refractivity contribution in [1.29, 1.82) is 0 Å². The Morgan fingerprint density at radius 2 is 1.83 bits per heavy atom. The molecule has 4 nitrogen and oxygen atoms in total. The summed E-state index contributed by atoms with van der Waals surface area (Å²) >= 11 is 0. The second-order valence-corrected chi connectivity index (χ2v) is 3.41. The van der Waals surface area contributed by atoms with Crippen LogP contribution in [0.5, 0.6) is 0 Å². The zero-order chi connectivity index (χ0) is 13.4. The number of ether oxygens (including phenoxy) is 2. The predicted octanol–water partition coefficient (Wildman–Crippen LogP) is 2.41. The van der Waals surface area contributed by atoms with Crippen molar-refractivity contribution in [3.05, 3.63) is 35.4 Å². The quantitative estimate of drug-likeness (QED) is 0.467. The normalized spacial score (nSPS) is 9.00. The smallest absolute Gasteiger partial charge is 0.435 e. The van der Waals surface area contributed by atoms with Crippen LogP contribution < -0.4 is 0 Å². The standard InChI is InChI=1S/C14H14O4/c1-3-17-14(16)18-10-4-5-12-6-8-13(9-7-12)11(2)15/h6-9H,3,10H2,1-2H3. The lowest BCUT2D eigenvalue weighted by Gasteiger charge is -1.99. The summed E-state index contributed by atoms with van der Waals surface area (Å²) in [5.41, 5.74) is 1.40. The SMILES string of the molecule is CCOC(=O)OCC#Cc1ccc(C(C)=O)cc1. The lowest BCUT2D eigenvalue weighted by Crippen LogP contribution is -2.06. The summed E-state index contributed by atoms with van der Waals surface area (Å²) < 4.78 is 9.25. The summed E-state index contributed by atoms with van der Waals surface area (Å²) in [5, 5.41) is 0. The van der Waals surface area contributed by atoms with E-state index < -0.39 is 6.16 Å². The maximum absolute atomic E-state index is 11.0. The Bertz CT molecular complexity index is 477. The minimum absolute atomic E-state index is 0.0140. The molecule has 1 aromatic rings. The molecule has 0 radical (unpaired) electrons. The number of benzene rings is 1. The van der Waals surface area contributed by atoms with Crippen molar-refractivity contribution in [1.82, 2.24) is 0 Å². The van der Waals surface area contributed by atoms with Crippen molar-refractivity contribution in [2.45, 2.75) is 13.8 Å². The van der Waals surface area contributed by atoms with E-state index in [-0.39, 0.29) is 19.0 Å². The molecule has 18 heavy (non-hydrogen) atoms. The average molecular weight is 246 g/mol.